The molecular formula is C87H60N6Si2. The number of benzene rings is 14. The van der Waals surface area contributed by atoms with E-state index in [-0.39, 0.29) is 0 Å². The van der Waals surface area contributed by atoms with E-state index in [2.05, 4.69) is 378 Å². The van der Waals surface area contributed by atoms with Crippen molar-refractivity contribution in [2.75, 3.05) is 0 Å². The minimum absolute atomic E-state index is 0.519. The lowest BCUT2D eigenvalue weighted by Gasteiger charge is -2.34. The van der Waals surface area contributed by atoms with E-state index in [4.69, 9.17) is 15.0 Å². The molecule has 0 fully saturated rings. The number of aromatic nitrogens is 6. The third-order valence-corrected chi connectivity index (χ3v) is 29.1. The minimum Gasteiger partial charge on any atom is -0.309 e. The van der Waals surface area contributed by atoms with Crippen molar-refractivity contribution in [3.05, 3.63) is 364 Å². The number of nitrogens with zero attached hydrogens (tertiary/aromatic N) is 6. The molecule has 0 spiro atoms. The average Bonchev–Trinajstić information content (AvgIpc) is 1.66. The van der Waals surface area contributed by atoms with Gasteiger partial charge in [-0.1, -0.05) is 303 Å². The highest BCUT2D eigenvalue weighted by Crippen LogP contribution is 2.40. The van der Waals surface area contributed by atoms with Crippen molar-refractivity contribution in [2.24, 2.45) is 0 Å². The normalized spacial score (nSPS) is 12.0. The Hall–Kier alpha value is -12.1. The van der Waals surface area contributed by atoms with Crippen molar-refractivity contribution < 1.29 is 0 Å². The highest BCUT2D eigenvalue weighted by atomic mass is 28.3. The SMILES string of the molecule is c1ccc([Si](c2ccccc2)(c2ccccc2)c2cccc(-c3nc(-c4cccc([Si](c5ccccc5)(c5ccccc5)c5ccccc5)c4)nc(-n4c5ccc(-n6c7ccccc7c7ccccc76)cc5c5cc(-n6c7ccccc7c7ccccc76)ccc54)n3)c2)cc1. The van der Waals surface area contributed by atoms with Crippen molar-refractivity contribution >= 4 is 123 Å². The van der Waals surface area contributed by atoms with Gasteiger partial charge in [0.05, 0.1) is 33.1 Å². The van der Waals surface area contributed by atoms with Crippen molar-refractivity contribution in [1.82, 2.24) is 28.7 Å². The van der Waals surface area contributed by atoms with E-state index < -0.39 is 16.1 Å². The molecule has 0 aliphatic rings. The maximum Gasteiger partial charge on any atom is 0.238 e. The number of rotatable bonds is 13. The van der Waals surface area contributed by atoms with E-state index in [0.717, 1.165) is 66.4 Å². The molecule has 4 aromatic heterocycles. The Bertz CT molecular complexity index is 5250. The van der Waals surface area contributed by atoms with Crippen LogP contribution >= 0.6 is 0 Å². The molecule has 4 heterocycles. The summed E-state index contributed by atoms with van der Waals surface area (Å²) < 4.78 is 7.11. The highest BCUT2D eigenvalue weighted by molar-refractivity contribution is 7.20. The zero-order valence-electron chi connectivity index (χ0n) is 51.8. The van der Waals surface area contributed by atoms with Gasteiger partial charge in [0.2, 0.25) is 5.95 Å². The molecule has 0 atom stereocenters. The molecule has 0 saturated heterocycles. The number of hydrogen-bond acceptors (Lipinski definition) is 3. The van der Waals surface area contributed by atoms with Crippen LogP contribution in [0.1, 0.15) is 0 Å². The molecule has 18 aromatic rings. The fourth-order valence-corrected chi connectivity index (χ4v) is 25.1. The van der Waals surface area contributed by atoms with Gasteiger partial charge in [0.25, 0.3) is 0 Å². The lowest BCUT2D eigenvalue weighted by molar-refractivity contribution is 0.953. The van der Waals surface area contributed by atoms with Gasteiger partial charge in [0.15, 0.2) is 27.8 Å². The predicted molar refractivity (Wildman–Crippen MR) is 401 cm³/mol. The summed E-state index contributed by atoms with van der Waals surface area (Å²) in [6.45, 7) is 0. The summed E-state index contributed by atoms with van der Waals surface area (Å²) in [5, 5.41) is 17.2. The van der Waals surface area contributed by atoms with E-state index in [1.807, 2.05) is 0 Å². The molecule has 8 heteroatoms. The molecule has 0 unspecified atom stereocenters. The van der Waals surface area contributed by atoms with E-state index in [1.165, 1.54) is 63.0 Å². The Morgan fingerprint density at radius 3 is 0.758 bits per heavy atom. The molecule has 0 aliphatic heterocycles. The van der Waals surface area contributed by atoms with Crippen LogP contribution in [0.3, 0.4) is 0 Å². The van der Waals surface area contributed by atoms with Gasteiger partial charge >= 0.3 is 0 Å². The number of hydrogen-bond donors (Lipinski definition) is 0. The first kappa shape index (κ1) is 55.7. The largest absolute Gasteiger partial charge is 0.309 e. The molecule has 14 aromatic carbocycles. The topological polar surface area (TPSA) is 53.5 Å². The molecule has 446 valence electrons. The Morgan fingerprint density at radius 1 is 0.189 bits per heavy atom. The van der Waals surface area contributed by atoms with Crippen molar-refractivity contribution in [1.29, 1.82) is 0 Å². The third-order valence-electron chi connectivity index (χ3n) is 19.6. The van der Waals surface area contributed by atoms with Gasteiger partial charge in [0.1, 0.15) is 0 Å². The van der Waals surface area contributed by atoms with Gasteiger partial charge in [-0.15, -0.1) is 0 Å². The molecule has 6 nitrogen and oxygen atoms in total. The molecule has 0 amide bonds. The Kier molecular flexibility index (Phi) is 13.5. The molecular weight excluding hydrogens is 1190 g/mol. The molecule has 95 heavy (non-hydrogen) atoms. The summed E-state index contributed by atoms with van der Waals surface area (Å²) in [6.07, 6.45) is 0. The summed E-state index contributed by atoms with van der Waals surface area (Å²) >= 11 is 0. The zero-order chi connectivity index (χ0) is 62.9. The van der Waals surface area contributed by atoms with E-state index in [9.17, 15) is 0 Å². The number of para-hydroxylation sites is 4. The quantitative estimate of drug-likeness (QED) is 0.0854. The maximum atomic E-state index is 5.79. The second-order valence-electron chi connectivity index (χ2n) is 24.6. The second-order valence-corrected chi connectivity index (χ2v) is 32.2. The van der Waals surface area contributed by atoms with Crippen LogP contribution < -0.4 is 41.5 Å². The molecule has 0 bridgehead atoms. The van der Waals surface area contributed by atoms with Crippen LogP contribution in [0.15, 0.2) is 364 Å². The van der Waals surface area contributed by atoms with Crippen LogP contribution in [0.25, 0.3) is 106 Å². The van der Waals surface area contributed by atoms with E-state index in [1.54, 1.807) is 0 Å². The third kappa shape index (κ3) is 8.94. The van der Waals surface area contributed by atoms with Crippen LogP contribution in [0.5, 0.6) is 0 Å². The Morgan fingerprint density at radius 2 is 0.453 bits per heavy atom. The highest BCUT2D eigenvalue weighted by Gasteiger charge is 2.43. The second kappa shape index (κ2) is 22.9. The first-order valence-electron chi connectivity index (χ1n) is 32.5. The number of fused-ring (bicyclic) bond motifs is 9. The van der Waals surface area contributed by atoms with Crippen molar-refractivity contribution in [3.8, 4) is 40.1 Å². The fraction of sp³-hybridized carbons (Fsp3) is 0. The lowest BCUT2D eigenvalue weighted by Crippen LogP contribution is -2.74. The monoisotopic (exact) mass is 1240 g/mol. The summed E-state index contributed by atoms with van der Waals surface area (Å²) in [5.41, 5.74) is 10.5. The van der Waals surface area contributed by atoms with Crippen LogP contribution in [0.2, 0.25) is 0 Å². The first-order valence-corrected chi connectivity index (χ1v) is 36.5. The minimum atomic E-state index is -3.01. The maximum absolute atomic E-state index is 5.79. The Labute approximate surface area is 552 Å². The summed E-state index contributed by atoms with van der Waals surface area (Å²) in [5.74, 6) is 1.67. The van der Waals surface area contributed by atoms with E-state index in [0.29, 0.717) is 17.6 Å². The summed E-state index contributed by atoms with van der Waals surface area (Å²) in [4.78, 5) is 17.3. The summed E-state index contributed by atoms with van der Waals surface area (Å²) in [7, 11) is -6.02. The smallest absolute Gasteiger partial charge is 0.238 e. The van der Waals surface area contributed by atoms with E-state index >= 15 is 0 Å². The first-order chi connectivity index (χ1) is 47.1. The Balaban J connectivity index is 0.923. The van der Waals surface area contributed by atoms with Crippen LogP contribution in [0.4, 0.5) is 0 Å². The van der Waals surface area contributed by atoms with Crippen LogP contribution in [-0.2, 0) is 0 Å². The average molecular weight is 1250 g/mol. The predicted octanol–water partition coefficient (Wildman–Crippen LogP) is 15.3. The fourth-order valence-electron chi connectivity index (χ4n) is 15.5. The van der Waals surface area contributed by atoms with Gasteiger partial charge in [-0.25, -0.2) is 4.98 Å². The van der Waals surface area contributed by atoms with Crippen molar-refractivity contribution in [3.63, 3.8) is 0 Å². The van der Waals surface area contributed by atoms with Crippen LogP contribution in [0, 0.1) is 0 Å². The van der Waals surface area contributed by atoms with Gasteiger partial charge in [-0.05, 0) is 102 Å². The van der Waals surface area contributed by atoms with Gasteiger partial charge in [0, 0.05) is 54.8 Å². The zero-order valence-corrected chi connectivity index (χ0v) is 53.8. The summed E-state index contributed by atoms with van der Waals surface area (Å²) in [6, 6.07) is 134. The van der Waals surface area contributed by atoms with Crippen molar-refractivity contribution in [2.45, 2.75) is 0 Å². The molecule has 0 N–H and O–H groups in total. The standard InChI is InChI=1S/C87H60N6Si2/c1-7-31-65(32-8-1)94(66-33-9-2-10-34-66,67-35-11-3-12-36-67)71-43-27-29-61(57-71)85-88-86(62-30-28-44-72(58-62)95(68-37-13-4-14-38-68,69-39-15-5-16-40-69)70-41-17-6-18-42-70)90-87(89-85)93-83-55-53-63(91-79-49-23-19-45-73(79)74-46-20-24-50-80(74)91)59-77(83)78-60-64(54-56-84(78)93)92-81-51-25-21-47-75(81)76-48-22-26-52-82(76)92/h1-60H. The lowest BCUT2D eigenvalue weighted by atomic mass is 10.1. The molecule has 0 saturated carbocycles. The van der Waals surface area contributed by atoms with Gasteiger partial charge < -0.3 is 9.13 Å². The van der Waals surface area contributed by atoms with Gasteiger partial charge in [-0.2, -0.15) is 9.97 Å². The molecule has 18 rings (SSSR count). The molecule has 0 aliphatic carbocycles. The van der Waals surface area contributed by atoms with Crippen LogP contribution in [-0.4, -0.2) is 44.8 Å². The molecule has 0 radical (unpaired) electrons. The van der Waals surface area contributed by atoms with Gasteiger partial charge in [-0.3, -0.25) is 4.57 Å².